The number of ether oxygens (including phenoxy) is 2. The van der Waals surface area contributed by atoms with E-state index in [9.17, 15) is 14.7 Å². The second-order valence-corrected chi connectivity index (χ2v) is 22.9. The van der Waals surface area contributed by atoms with Crippen LogP contribution < -0.4 is 0 Å². The highest BCUT2D eigenvalue weighted by Gasteiger charge is 2.16. The smallest absolute Gasteiger partial charge is 0.306 e. The maximum atomic E-state index is 12.4. The van der Waals surface area contributed by atoms with Crippen LogP contribution in [0.3, 0.4) is 0 Å². The van der Waals surface area contributed by atoms with Crippen LogP contribution in [0, 0.1) is 0 Å². The van der Waals surface area contributed by atoms with E-state index in [1.165, 1.54) is 205 Å². The van der Waals surface area contributed by atoms with E-state index in [-0.39, 0.29) is 25.2 Å². The SMILES string of the molecule is CC/C=C\C/C=C\C/C=C\C/C=C\C/C=C\C/C=C\C/C=C\C/C=C\C/C=C\CCCCCCCCCC(=O)OC(CO)COC(=O)CCCCCCCCCCCCCCCCCCCCCCCCCCCCCCCCC. The van der Waals surface area contributed by atoms with Crippen LogP contribution in [0.25, 0.3) is 0 Å². The molecule has 1 atom stereocenters. The third-order valence-corrected chi connectivity index (χ3v) is 15.1. The molecule has 0 aromatic carbocycles. The van der Waals surface area contributed by atoms with Crippen molar-refractivity contribution in [3.63, 3.8) is 0 Å². The number of esters is 2. The van der Waals surface area contributed by atoms with Crippen LogP contribution in [0.1, 0.15) is 335 Å². The second kappa shape index (κ2) is 69.8. The minimum atomic E-state index is -0.785. The van der Waals surface area contributed by atoms with Crippen molar-refractivity contribution in [2.75, 3.05) is 13.2 Å². The molecule has 1 unspecified atom stereocenters. The van der Waals surface area contributed by atoms with Crippen molar-refractivity contribution in [2.45, 2.75) is 341 Å². The Kier molecular flexibility index (Phi) is 66.8. The summed E-state index contributed by atoms with van der Waals surface area (Å²) in [6.07, 6.45) is 101. The largest absolute Gasteiger partial charge is 0.462 e. The number of unbranched alkanes of at least 4 members (excludes halogenated alkanes) is 37. The lowest BCUT2D eigenvalue weighted by Gasteiger charge is -2.15. The topological polar surface area (TPSA) is 72.8 Å². The zero-order chi connectivity index (χ0) is 57.6. The van der Waals surface area contributed by atoms with E-state index in [4.69, 9.17) is 9.47 Å². The first-order valence-electron chi connectivity index (χ1n) is 34.4. The highest BCUT2D eigenvalue weighted by molar-refractivity contribution is 5.70. The molecule has 0 aliphatic rings. The number of aliphatic hydroxyl groups is 1. The Morgan fingerprint density at radius 1 is 0.300 bits per heavy atom. The molecule has 0 heterocycles. The first-order chi connectivity index (χ1) is 39.6. The van der Waals surface area contributed by atoms with Crippen molar-refractivity contribution in [3.05, 3.63) is 109 Å². The molecular weight excluding hydrogens is 981 g/mol. The Morgan fingerprint density at radius 2 is 0.537 bits per heavy atom. The molecule has 0 aromatic heterocycles. The van der Waals surface area contributed by atoms with E-state index in [1.54, 1.807) is 0 Å². The summed E-state index contributed by atoms with van der Waals surface area (Å²) in [5.41, 5.74) is 0. The summed E-state index contributed by atoms with van der Waals surface area (Å²) in [6.45, 7) is 4.05. The number of aliphatic hydroxyl groups excluding tert-OH is 1. The standard InChI is InChI=1S/C75H130O5/c1-3-5-7-9-11-13-15-17-19-21-23-25-27-29-31-33-35-36-37-38-40-42-44-46-48-50-52-54-56-58-60-62-64-66-68-70-75(78)80-73(71-76)72-79-74(77)69-67-65-63-61-59-57-55-53-51-49-47-45-43-41-39-34-32-30-28-26-24-22-20-18-16-14-12-10-8-6-4-2/h5,7,11,13,17,19,23,25,29,31,35-36,38,40,44,46,50,52,73,76H,3-4,6,8-10,12,14-16,18,20-22,24,26-28,30,32-34,37,39,41-43,45,47-49,51,53-72H2,1-2H3/b7-5-,13-11-,19-17-,25-23-,31-29-,36-35-,40-38-,46-44-,52-50-. The van der Waals surface area contributed by atoms with E-state index >= 15 is 0 Å². The molecule has 0 bridgehead atoms. The summed E-state index contributed by atoms with van der Waals surface area (Å²) in [5, 5.41) is 9.70. The van der Waals surface area contributed by atoms with Crippen LogP contribution in [0.15, 0.2) is 109 Å². The number of hydrogen-bond donors (Lipinski definition) is 1. The molecule has 0 fully saturated rings. The molecule has 0 saturated heterocycles. The normalized spacial score (nSPS) is 12.9. The lowest BCUT2D eigenvalue weighted by molar-refractivity contribution is -0.161. The molecular formula is C75H130O5. The molecule has 5 heteroatoms. The Bertz CT molecular complexity index is 1540. The van der Waals surface area contributed by atoms with Crippen LogP contribution in [0.5, 0.6) is 0 Å². The van der Waals surface area contributed by atoms with Gasteiger partial charge in [-0.15, -0.1) is 0 Å². The maximum Gasteiger partial charge on any atom is 0.306 e. The van der Waals surface area contributed by atoms with Gasteiger partial charge in [0.05, 0.1) is 6.61 Å². The Morgan fingerprint density at radius 3 is 0.812 bits per heavy atom. The average Bonchev–Trinajstić information content (AvgIpc) is 3.46. The van der Waals surface area contributed by atoms with Gasteiger partial charge < -0.3 is 14.6 Å². The lowest BCUT2D eigenvalue weighted by atomic mass is 10.0. The number of allylic oxidation sites excluding steroid dienone is 18. The van der Waals surface area contributed by atoms with Gasteiger partial charge in [0.2, 0.25) is 0 Å². The molecule has 0 radical (unpaired) electrons. The summed E-state index contributed by atoms with van der Waals surface area (Å²) in [7, 11) is 0. The number of rotatable bonds is 63. The minimum absolute atomic E-state index is 0.0724. The summed E-state index contributed by atoms with van der Waals surface area (Å²) in [5.74, 6) is -0.595. The molecule has 0 spiro atoms. The summed E-state index contributed by atoms with van der Waals surface area (Å²) in [6, 6.07) is 0. The summed E-state index contributed by atoms with van der Waals surface area (Å²) < 4.78 is 10.7. The van der Waals surface area contributed by atoms with Gasteiger partial charge in [-0.25, -0.2) is 0 Å². The second-order valence-electron chi connectivity index (χ2n) is 22.9. The van der Waals surface area contributed by atoms with Gasteiger partial charge in [-0.3, -0.25) is 9.59 Å². The van der Waals surface area contributed by atoms with E-state index in [0.717, 1.165) is 103 Å². The van der Waals surface area contributed by atoms with E-state index < -0.39 is 6.10 Å². The van der Waals surface area contributed by atoms with Gasteiger partial charge in [-0.05, 0) is 83.5 Å². The van der Waals surface area contributed by atoms with Crippen molar-refractivity contribution in [2.24, 2.45) is 0 Å². The molecule has 0 amide bonds. The molecule has 0 rings (SSSR count). The summed E-state index contributed by atoms with van der Waals surface area (Å²) >= 11 is 0. The van der Waals surface area contributed by atoms with Crippen molar-refractivity contribution in [1.82, 2.24) is 0 Å². The zero-order valence-electron chi connectivity index (χ0n) is 52.8. The quantitative estimate of drug-likeness (QED) is 0.0373. The zero-order valence-corrected chi connectivity index (χ0v) is 52.8. The number of carbonyl (C=O) groups is 2. The molecule has 460 valence electrons. The summed E-state index contributed by atoms with van der Waals surface area (Å²) in [4.78, 5) is 24.6. The van der Waals surface area contributed by atoms with Gasteiger partial charge in [0.25, 0.3) is 0 Å². The Balaban J connectivity index is 3.51. The van der Waals surface area contributed by atoms with Gasteiger partial charge in [-0.2, -0.15) is 0 Å². The number of hydrogen-bond acceptors (Lipinski definition) is 5. The molecule has 0 aromatic rings. The van der Waals surface area contributed by atoms with Crippen molar-refractivity contribution in [3.8, 4) is 0 Å². The van der Waals surface area contributed by atoms with Gasteiger partial charge in [0, 0.05) is 12.8 Å². The van der Waals surface area contributed by atoms with Crippen molar-refractivity contribution < 1.29 is 24.2 Å². The highest BCUT2D eigenvalue weighted by Crippen LogP contribution is 2.18. The molecule has 0 aliphatic carbocycles. The van der Waals surface area contributed by atoms with Gasteiger partial charge in [-0.1, -0.05) is 348 Å². The molecule has 5 nitrogen and oxygen atoms in total. The fourth-order valence-corrected chi connectivity index (χ4v) is 9.96. The molecule has 0 saturated carbocycles. The highest BCUT2D eigenvalue weighted by atomic mass is 16.6. The third-order valence-electron chi connectivity index (χ3n) is 15.1. The first kappa shape index (κ1) is 76.6. The van der Waals surface area contributed by atoms with E-state index in [1.807, 2.05) is 0 Å². The van der Waals surface area contributed by atoms with Crippen LogP contribution in [-0.4, -0.2) is 36.4 Å². The van der Waals surface area contributed by atoms with Crippen molar-refractivity contribution >= 4 is 11.9 Å². The number of carbonyl (C=O) groups excluding carboxylic acids is 2. The molecule has 0 aliphatic heterocycles. The Labute approximate surface area is 497 Å². The predicted molar refractivity (Wildman–Crippen MR) is 352 cm³/mol. The Hall–Kier alpha value is -3.44. The van der Waals surface area contributed by atoms with Gasteiger partial charge in [0.1, 0.15) is 6.61 Å². The minimum Gasteiger partial charge on any atom is -0.462 e. The van der Waals surface area contributed by atoms with E-state index in [2.05, 4.69) is 123 Å². The predicted octanol–water partition coefficient (Wildman–Crippen LogP) is 24.0. The average molecular weight is 1110 g/mol. The van der Waals surface area contributed by atoms with E-state index in [0.29, 0.717) is 12.8 Å². The first-order valence-corrected chi connectivity index (χ1v) is 34.4. The lowest BCUT2D eigenvalue weighted by Crippen LogP contribution is -2.28. The van der Waals surface area contributed by atoms with Crippen LogP contribution in [0.4, 0.5) is 0 Å². The fraction of sp³-hybridized carbons (Fsp3) is 0.733. The van der Waals surface area contributed by atoms with Crippen LogP contribution >= 0.6 is 0 Å². The molecule has 80 heavy (non-hydrogen) atoms. The van der Waals surface area contributed by atoms with Crippen molar-refractivity contribution in [1.29, 1.82) is 0 Å². The fourth-order valence-electron chi connectivity index (χ4n) is 9.96. The third kappa shape index (κ3) is 67.1. The van der Waals surface area contributed by atoms with Gasteiger partial charge in [0.15, 0.2) is 6.10 Å². The van der Waals surface area contributed by atoms with Gasteiger partial charge >= 0.3 is 11.9 Å². The molecule has 1 N–H and O–H groups in total. The van der Waals surface area contributed by atoms with Crippen LogP contribution in [0.2, 0.25) is 0 Å². The monoisotopic (exact) mass is 1110 g/mol. The maximum absolute atomic E-state index is 12.4. The van der Waals surface area contributed by atoms with Crippen LogP contribution in [-0.2, 0) is 19.1 Å².